The molecule has 3 unspecified atom stereocenters. The number of benzene rings is 1. The van der Waals surface area contributed by atoms with Crippen LogP contribution in [0.2, 0.25) is 0 Å². The Hall–Kier alpha value is -2.14. The van der Waals surface area contributed by atoms with Crippen molar-refractivity contribution in [1.29, 1.82) is 0 Å². The fraction of sp³-hybridized carbons (Fsp3) is 0.474. The van der Waals surface area contributed by atoms with Gasteiger partial charge < -0.3 is 10.2 Å². The molecule has 5 heteroatoms. The molecule has 1 N–H and O–H groups in total. The first-order valence-electron chi connectivity index (χ1n) is 8.60. The number of carbonyl (C=O) groups excluding carboxylic acids is 1. The highest BCUT2D eigenvalue weighted by Gasteiger charge is 2.37. The Balaban J connectivity index is 1.69. The van der Waals surface area contributed by atoms with Gasteiger partial charge in [0.2, 0.25) is 5.91 Å². The van der Waals surface area contributed by atoms with E-state index < -0.39 is 0 Å². The summed E-state index contributed by atoms with van der Waals surface area (Å²) in [4.78, 5) is 15.1. The summed E-state index contributed by atoms with van der Waals surface area (Å²) in [5, 5.41) is 7.34. The maximum Gasteiger partial charge on any atom is 0.244 e. The van der Waals surface area contributed by atoms with E-state index in [1.165, 1.54) is 5.56 Å². The Labute approximate surface area is 143 Å². The molecule has 1 amide bonds. The molecule has 1 aromatic carbocycles. The molecule has 1 aromatic heterocycles. The Morgan fingerprint density at radius 1 is 1.38 bits per heavy atom. The van der Waals surface area contributed by atoms with E-state index in [9.17, 15) is 4.79 Å². The van der Waals surface area contributed by atoms with E-state index >= 15 is 0 Å². The second-order valence-electron chi connectivity index (χ2n) is 6.68. The fourth-order valence-electron chi connectivity index (χ4n) is 3.69. The number of aromatic nitrogens is 2. The molecule has 3 rings (SSSR count). The molecule has 24 heavy (non-hydrogen) atoms. The maximum atomic E-state index is 13.0. The first-order valence-corrected chi connectivity index (χ1v) is 8.60. The van der Waals surface area contributed by atoms with Gasteiger partial charge in [0.1, 0.15) is 6.04 Å². The third-order valence-corrected chi connectivity index (χ3v) is 5.13. The standard InChI is InChI=1S/C19H26N4O/c1-14-16(11-15-7-5-4-6-8-15)9-10-23(14)19(24)18(20-2)17-12-21-22(3)13-17/h4-8,12-14,16,18,20H,9-11H2,1-3H3. The van der Waals surface area contributed by atoms with Crippen molar-refractivity contribution < 1.29 is 4.79 Å². The lowest BCUT2D eigenvalue weighted by Gasteiger charge is -2.28. The largest absolute Gasteiger partial charge is 0.338 e. The third-order valence-electron chi connectivity index (χ3n) is 5.13. The van der Waals surface area contributed by atoms with Crippen LogP contribution >= 0.6 is 0 Å². The SMILES string of the molecule is CNC(C(=O)N1CCC(Cc2ccccc2)C1C)c1cnn(C)c1. The Bertz CT molecular complexity index is 682. The Kier molecular flexibility index (Phi) is 5.00. The van der Waals surface area contributed by atoms with E-state index in [0.717, 1.165) is 24.9 Å². The van der Waals surface area contributed by atoms with E-state index in [1.54, 1.807) is 10.9 Å². The van der Waals surface area contributed by atoms with Crippen LogP contribution in [-0.4, -0.2) is 40.2 Å². The molecule has 1 saturated heterocycles. The molecular formula is C19H26N4O. The van der Waals surface area contributed by atoms with Crippen LogP contribution in [0.1, 0.15) is 30.5 Å². The molecule has 5 nitrogen and oxygen atoms in total. The van der Waals surface area contributed by atoms with Gasteiger partial charge in [-0.15, -0.1) is 0 Å². The lowest BCUT2D eigenvalue weighted by Crippen LogP contribution is -2.42. The maximum absolute atomic E-state index is 13.0. The molecule has 3 atom stereocenters. The quantitative estimate of drug-likeness (QED) is 0.916. The zero-order valence-corrected chi connectivity index (χ0v) is 14.6. The van der Waals surface area contributed by atoms with Crippen molar-refractivity contribution in [2.75, 3.05) is 13.6 Å². The van der Waals surface area contributed by atoms with Gasteiger partial charge in [0.05, 0.1) is 6.20 Å². The first kappa shape index (κ1) is 16.7. The highest BCUT2D eigenvalue weighted by molar-refractivity contribution is 5.83. The van der Waals surface area contributed by atoms with Crippen molar-refractivity contribution in [3.8, 4) is 0 Å². The Morgan fingerprint density at radius 2 is 2.12 bits per heavy atom. The van der Waals surface area contributed by atoms with Gasteiger partial charge in [-0.3, -0.25) is 9.48 Å². The summed E-state index contributed by atoms with van der Waals surface area (Å²) in [6.45, 7) is 3.00. The van der Waals surface area contributed by atoms with E-state index in [4.69, 9.17) is 0 Å². The number of hydrogen-bond donors (Lipinski definition) is 1. The van der Waals surface area contributed by atoms with Gasteiger partial charge in [0.15, 0.2) is 0 Å². The lowest BCUT2D eigenvalue weighted by atomic mass is 9.93. The van der Waals surface area contributed by atoms with Crippen LogP contribution < -0.4 is 5.32 Å². The minimum atomic E-state index is -0.323. The highest BCUT2D eigenvalue weighted by atomic mass is 16.2. The van der Waals surface area contributed by atoms with Crippen LogP contribution in [0, 0.1) is 5.92 Å². The van der Waals surface area contributed by atoms with Crippen LogP contribution in [0.5, 0.6) is 0 Å². The van der Waals surface area contributed by atoms with Crippen LogP contribution in [0.4, 0.5) is 0 Å². The number of rotatable bonds is 5. The molecule has 0 aliphatic carbocycles. The minimum absolute atomic E-state index is 0.147. The normalized spacial score (nSPS) is 21.9. The van der Waals surface area contributed by atoms with Crippen LogP contribution in [0.25, 0.3) is 0 Å². The second kappa shape index (κ2) is 7.18. The average Bonchev–Trinajstić information content (AvgIpc) is 3.16. The minimum Gasteiger partial charge on any atom is -0.338 e. The predicted molar refractivity (Wildman–Crippen MR) is 94.4 cm³/mol. The molecule has 2 heterocycles. The van der Waals surface area contributed by atoms with E-state index in [2.05, 4.69) is 41.6 Å². The highest BCUT2D eigenvalue weighted by Crippen LogP contribution is 2.30. The van der Waals surface area contributed by atoms with Gasteiger partial charge in [-0.05, 0) is 38.3 Å². The molecule has 0 radical (unpaired) electrons. The number of nitrogens with zero attached hydrogens (tertiary/aromatic N) is 3. The van der Waals surface area contributed by atoms with Crippen LogP contribution in [0.3, 0.4) is 0 Å². The molecule has 0 bridgehead atoms. The summed E-state index contributed by atoms with van der Waals surface area (Å²) < 4.78 is 1.73. The van der Waals surface area contributed by atoms with Crippen molar-refractivity contribution in [3.05, 3.63) is 53.9 Å². The summed E-state index contributed by atoms with van der Waals surface area (Å²) in [5.74, 6) is 0.663. The van der Waals surface area contributed by atoms with Crippen molar-refractivity contribution in [2.24, 2.45) is 13.0 Å². The molecule has 0 spiro atoms. The van der Waals surface area contributed by atoms with Crippen molar-refractivity contribution in [3.63, 3.8) is 0 Å². The van der Waals surface area contributed by atoms with Crippen molar-refractivity contribution >= 4 is 5.91 Å². The molecule has 2 aromatic rings. The molecule has 0 saturated carbocycles. The molecule has 1 aliphatic heterocycles. The second-order valence-corrected chi connectivity index (χ2v) is 6.68. The summed E-state index contributed by atoms with van der Waals surface area (Å²) in [6.07, 6.45) is 5.76. The number of hydrogen-bond acceptors (Lipinski definition) is 3. The topological polar surface area (TPSA) is 50.2 Å². The molecule has 128 valence electrons. The number of carbonyl (C=O) groups is 1. The summed E-state index contributed by atoms with van der Waals surface area (Å²) in [5.41, 5.74) is 2.27. The van der Waals surface area contributed by atoms with Gasteiger partial charge in [-0.2, -0.15) is 5.10 Å². The zero-order valence-electron chi connectivity index (χ0n) is 14.6. The van der Waals surface area contributed by atoms with Crippen molar-refractivity contribution in [2.45, 2.75) is 31.8 Å². The number of likely N-dealkylation sites (tertiary alicyclic amines) is 1. The monoisotopic (exact) mass is 326 g/mol. The van der Waals surface area contributed by atoms with Gasteiger partial charge >= 0.3 is 0 Å². The molecule has 1 fully saturated rings. The number of nitrogens with one attached hydrogen (secondary N) is 1. The Morgan fingerprint density at radius 3 is 2.75 bits per heavy atom. The summed E-state index contributed by atoms with van der Waals surface area (Å²) >= 11 is 0. The van der Waals surface area contributed by atoms with Crippen LogP contribution in [-0.2, 0) is 18.3 Å². The summed E-state index contributed by atoms with van der Waals surface area (Å²) in [6, 6.07) is 10.5. The lowest BCUT2D eigenvalue weighted by molar-refractivity contribution is -0.134. The number of likely N-dealkylation sites (N-methyl/N-ethyl adjacent to an activating group) is 1. The average molecular weight is 326 g/mol. The molecule has 1 aliphatic rings. The van der Waals surface area contributed by atoms with Crippen LogP contribution in [0.15, 0.2) is 42.7 Å². The van der Waals surface area contributed by atoms with Gasteiger partial charge in [-0.25, -0.2) is 0 Å². The summed E-state index contributed by atoms with van der Waals surface area (Å²) in [7, 11) is 3.70. The van der Waals surface area contributed by atoms with E-state index in [0.29, 0.717) is 5.92 Å². The zero-order chi connectivity index (χ0) is 17.1. The van der Waals surface area contributed by atoms with E-state index in [1.807, 2.05) is 31.3 Å². The van der Waals surface area contributed by atoms with Crippen molar-refractivity contribution in [1.82, 2.24) is 20.0 Å². The fourth-order valence-corrected chi connectivity index (χ4v) is 3.69. The number of amides is 1. The first-order chi connectivity index (χ1) is 11.6. The third kappa shape index (κ3) is 3.36. The smallest absolute Gasteiger partial charge is 0.244 e. The van der Waals surface area contributed by atoms with Gasteiger partial charge in [-0.1, -0.05) is 30.3 Å². The van der Waals surface area contributed by atoms with E-state index in [-0.39, 0.29) is 18.0 Å². The number of aryl methyl sites for hydroxylation is 1. The molecular weight excluding hydrogens is 300 g/mol. The van der Waals surface area contributed by atoms with Gasteiger partial charge in [0, 0.05) is 31.4 Å². The van der Waals surface area contributed by atoms with Gasteiger partial charge in [0.25, 0.3) is 0 Å². The predicted octanol–water partition coefficient (Wildman–Crippen LogP) is 2.16.